The Balaban J connectivity index is 2.46. The third kappa shape index (κ3) is 6.16. The molecule has 1 atom stereocenters. The van der Waals surface area contributed by atoms with Crippen LogP contribution in [0.25, 0.3) is 0 Å². The molecule has 0 spiro atoms. The largest absolute Gasteiger partial charge is 0.497 e. The highest BCUT2D eigenvalue weighted by Gasteiger charge is 2.21. The van der Waals surface area contributed by atoms with E-state index >= 15 is 0 Å². The number of benzene rings is 1. The number of ether oxygens (including phenoxy) is 2. The van der Waals surface area contributed by atoms with Gasteiger partial charge in [0.2, 0.25) is 0 Å². The molecule has 2 N–H and O–H groups in total. The number of rotatable bonds is 8. The number of aliphatic carboxylic acids is 1. The lowest BCUT2D eigenvalue weighted by Crippen LogP contribution is -2.43. The summed E-state index contributed by atoms with van der Waals surface area (Å²) >= 11 is 0. The summed E-state index contributed by atoms with van der Waals surface area (Å²) in [6.45, 7) is 3.57. The summed E-state index contributed by atoms with van der Waals surface area (Å²) in [6.07, 6.45) is 0.379. The topological polar surface area (TPSA) is 84.9 Å². The maximum absolute atomic E-state index is 11.7. The monoisotopic (exact) mass is 295 g/mol. The first-order valence-electron chi connectivity index (χ1n) is 6.71. The van der Waals surface area contributed by atoms with Gasteiger partial charge in [-0.2, -0.15) is 0 Å². The van der Waals surface area contributed by atoms with Crippen LogP contribution in [-0.2, 0) is 9.59 Å². The summed E-state index contributed by atoms with van der Waals surface area (Å²) in [5.41, 5.74) is 0. The molecule has 0 saturated carbocycles. The molecule has 6 nitrogen and oxygen atoms in total. The maximum atomic E-state index is 11.7. The molecule has 0 aliphatic carbocycles. The van der Waals surface area contributed by atoms with Gasteiger partial charge in [-0.1, -0.05) is 13.8 Å². The van der Waals surface area contributed by atoms with Crippen molar-refractivity contribution in [1.29, 1.82) is 0 Å². The van der Waals surface area contributed by atoms with Crippen molar-refractivity contribution in [3.05, 3.63) is 24.3 Å². The summed E-state index contributed by atoms with van der Waals surface area (Å²) < 4.78 is 10.3. The first-order valence-corrected chi connectivity index (χ1v) is 6.71. The Morgan fingerprint density at radius 3 is 2.24 bits per heavy atom. The lowest BCUT2D eigenvalue weighted by atomic mass is 10.0. The van der Waals surface area contributed by atoms with Crippen molar-refractivity contribution in [2.24, 2.45) is 5.92 Å². The summed E-state index contributed by atoms with van der Waals surface area (Å²) in [5, 5.41) is 11.5. The molecule has 0 radical (unpaired) electrons. The van der Waals surface area contributed by atoms with Crippen LogP contribution in [0.4, 0.5) is 0 Å². The van der Waals surface area contributed by atoms with Crippen LogP contribution in [0.15, 0.2) is 24.3 Å². The minimum absolute atomic E-state index is 0.175. The molecular formula is C15H21NO5. The number of nitrogens with one attached hydrogen (secondary N) is 1. The van der Waals surface area contributed by atoms with Gasteiger partial charge in [-0.25, -0.2) is 4.79 Å². The van der Waals surface area contributed by atoms with Crippen LogP contribution in [-0.4, -0.2) is 36.7 Å². The van der Waals surface area contributed by atoms with Crippen molar-refractivity contribution in [2.45, 2.75) is 26.3 Å². The lowest BCUT2D eigenvalue weighted by Gasteiger charge is -2.16. The Labute approximate surface area is 124 Å². The summed E-state index contributed by atoms with van der Waals surface area (Å²) in [6, 6.07) is 5.89. The van der Waals surface area contributed by atoms with Gasteiger partial charge in [0.25, 0.3) is 5.91 Å². The molecule has 1 rings (SSSR count). The molecule has 0 bridgehead atoms. The third-order valence-electron chi connectivity index (χ3n) is 2.77. The number of carbonyl (C=O) groups is 2. The van der Waals surface area contributed by atoms with Crippen LogP contribution >= 0.6 is 0 Å². The molecule has 116 valence electrons. The van der Waals surface area contributed by atoms with Crippen LogP contribution in [0.1, 0.15) is 20.3 Å². The predicted octanol–water partition coefficient (Wildman–Crippen LogP) is 1.69. The molecule has 1 aromatic rings. The molecule has 1 aromatic carbocycles. The molecule has 21 heavy (non-hydrogen) atoms. The minimum atomic E-state index is -1.04. The number of carbonyl (C=O) groups excluding carboxylic acids is 1. The fourth-order valence-electron chi connectivity index (χ4n) is 1.75. The van der Waals surface area contributed by atoms with Gasteiger partial charge in [-0.15, -0.1) is 0 Å². The highest BCUT2D eigenvalue weighted by Crippen LogP contribution is 2.16. The lowest BCUT2D eigenvalue weighted by molar-refractivity contribution is -0.142. The minimum Gasteiger partial charge on any atom is -0.497 e. The molecular weight excluding hydrogens is 274 g/mol. The number of carboxylic acids is 1. The average Bonchev–Trinajstić information content (AvgIpc) is 2.44. The van der Waals surface area contributed by atoms with Gasteiger partial charge < -0.3 is 19.9 Å². The van der Waals surface area contributed by atoms with Crippen LogP contribution in [0.3, 0.4) is 0 Å². The number of carboxylic acid groups (broad SMARTS) is 1. The highest BCUT2D eigenvalue weighted by atomic mass is 16.5. The number of hydrogen-bond acceptors (Lipinski definition) is 4. The molecule has 0 aliphatic rings. The summed E-state index contributed by atoms with van der Waals surface area (Å²) in [5.74, 6) is -0.120. The van der Waals surface area contributed by atoms with E-state index in [1.165, 1.54) is 0 Å². The summed E-state index contributed by atoms with van der Waals surface area (Å²) in [4.78, 5) is 22.8. The van der Waals surface area contributed by atoms with Gasteiger partial charge in [-0.3, -0.25) is 4.79 Å². The molecule has 0 heterocycles. The number of hydrogen-bond donors (Lipinski definition) is 2. The predicted molar refractivity (Wildman–Crippen MR) is 77.5 cm³/mol. The van der Waals surface area contributed by atoms with E-state index in [-0.39, 0.29) is 12.5 Å². The maximum Gasteiger partial charge on any atom is 0.326 e. The van der Waals surface area contributed by atoms with Crippen LogP contribution < -0.4 is 14.8 Å². The van der Waals surface area contributed by atoms with Gasteiger partial charge >= 0.3 is 5.97 Å². The van der Waals surface area contributed by atoms with Gasteiger partial charge in [-0.05, 0) is 36.6 Å². The third-order valence-corrected chi connectivity index (χ3v) is 2.77. The molecule has 0 aliphatic heterocycles. The van der Waals surface area contributed by atoms with E-state index in [1.807, 2.05) is 13.8 Å². The summed E-state index contributed by atoms with van der Waals surface area (Å²) in [7, 11) is 1.56. The Hall–Kier alpha value is -2.24. The molecule has 1 amide bonds. The molecule has 0 aromatic heterocycles. The number of methoxy groups -OCH3 is 1. The van der Waals surface area contributed by atoms with Crippen molar-refractivity contribution >= 4 is 11.9 Å². The van der Waals surface area contributed by atoms with E-state index in [4.69, 9.17) is 14.6 Å². The van der Waals surface area contributed by atoms with E-state index in [9.17, 15) is 9.59 Å². The van der Waals surface area contributed by atoms with Crippen LogP contribution in [0.2, 0.25) is 0 Å². The van der Waals surface area contributed by atoms with E-state index in [0.717, 1.165) is 0 Å². The Morgan fingerprint density at radius 2 is 1.76 bits per heavy atom. The molecule has 0 fully saturated rings. The van der Waals surface area contributed by atoms with E-state index < -0.39 is 17.9 Å². The SMILES string of the molecule is COc1ccc(OCC(=O)N[C@@H](CC(C)C)C(=O)O)cc1. The van der Waals surface area contributed by atoms with E-state index in [1.54, 1.807) is 31.4 Å². The zero-order valence-corrected chi connectivity index (χ0v) is 12.5. The quantitative estimate of drug-likeness (QED) is 0.762. The van der Waals surface area contributed by atoms with E-state index in [2.05, 4.69) is 5.32 Å². The van der Waals surface area contributed by atoms with Crippen LogP contribution in [0.5, 0.6) is 11.5 Å². The number of amides is 1. The smallest absolute Gasteiger partial charge is 0.326 e. The average molecular weight is 295 g/mol. The van der Waals surface area contributed by atoms with Crippen LogP contribution in [0, 0.1) is 5.92 Å². The highest BCUT2D eigenvalue weighted by molar-refractivity contribution is 5.84. The first kappa shape index (κ1) is 16.8. The van der Waals surface area contributed by atoms with Crippen molar-refractivity contribution < 1.29 is 24.2 Å². The van der Waals surface area contributed by atoms with E-state index in [0.29, 0.717) is 17.9 Å². The first-order chi connectivity index (χ1) is 9.92. The fourth-order valence-corrected chi connectivity index (χ4v) is 1.75. The van der Waals surface area contributed by atoms with Crippen molar-refractivity contribution in [2.75, 3.05) is 13.7 Å². The van der Waals surface area contributed by atoms with Gasteiger partial charge in [0, 0.05) is 0 Å². The Bertz CT molecular complexity index is 469. The second-order valence-electron chi connectivity index (χ2n) is 5.05. The Morgan fingerprint density at radius 1 is 1.19 bits per heavy atom. The second kappa shape index (κ2) is 8.14. The normalized spacial score (nSPS) is 11.8. The van der Waals surface area contributed by atoms with Crippen molar-refractivity contribution in [3.8, 4) is 11.5 Å². The van der Waals surface area contributed by atoms with Crippen molar-refractivity contribution in [3.63, 3.8) is 0 Å². The zero-order chi connectivity index (χ0) is 15.8. The molecule has 0 unspecified atom stereocenters. The van der Waals surface area contributed by atoms with Gasteiger partial charge in [0.15, 0.2) is 6.61 Å². The molecule has 0 saturated heterocycles. The second-order valence-corrected chi connectivity index (χ2v) is 5.05. The zero-order valence-electron chi connectivity index (χ0n) is 12.5. The van der Waals surface area contributed by atoms with Gasteiger partial charge in [0.1, 0.15) is 17.5 Å². The standard InChI is InChI=1S/C15H21NO5/c1-10(2)8-13(15(18)19)16-14(17)9-21-12-6-4-11(20-3)5-7-12/h4-7,10,13H,8-9H2,1-3H3,(H,16,17)(H,18,19)/t13-/m0/s1. The molecule has 6 heteroatoms. The van der Waals surface area contributed by atoms with Crippen molar-refractivity contribution in [1.82, 2.24) is 5.32 Å². The Kier molecular flexibility index (Phi) is 6.52. The fraction of sp³-hybridized carbons (Fsp3) is 0.467. The van der Waals surface area contributed by atoms with Gasteiger partial charge in [0.05, 0.1) is 7.11 Å².